The number of carbonyl (C=O) groups is 1. The number of hydrogen-bond donors (Lipinski definition) is 0. The second-order valence-electron chi connectivity index (χ2n) is 2.64. The highest BCUT2D eigenvalue weighted by Gasteiger charge is 1.96. The van der Waals surface area contributed by atoms with Gasteiger partial charge in [0.15, 0.2) is 0 Å². The van der Waals surface area contributed by atoms with Crippen LogP contribution in [0.15, 0.2) is 18.3 Å². The van der Waals surface area contributed by atoms with Crippen LogP contribution in [0.3, 0.4) is 0 Å². The van der Waals surface area contributed by atoms with Crippen molar-refractivity contribution < 1.29 is 13.9 Å². The molecular formula is C11H10FNO2. The molecule has 3 nitrogen and oxygen atoms in total. The van der Waals surface area contributed by atoms with Crippen molar-refractivity contribution in [2.45, 2.75) is 13.3 Å². The Balaban J connectivity index is 2.55. The predicted molar refractivity (Wildman–Crippen MR) is 52.3 cm³/mol. The molecule has 0 aliphatic heterocycles. The standard InChI is InChI=1S/C11H10FNO2/c1-2-15-11(14)5-3-4-10-8-9(12)6-7-13-10/h6-8H,2,5H2,1H3. The van der Waals surface area contributed by atoms with Crippen LogP contribution in [0, 0.1) is 17.7 Å². The molecule has 0 saturated carbocycles. The van der Waals surface area contributed by atoms with Gasteiger partial charge in [-0.05, 0) is 18.9 Å². The molecule has 0 spiro atoms. The van der Waals surface area contributed by atoms with Crippen LogP contribution in [-0.4, -0.2) is 17.6 Å². The molecule has 0 amide bonds. The van der Waals surface area contributed by atoms with Crippen LogP contribution in [0.4, 0.5) is 4.39 Å². The van der Waals surface area contributed by atoms with Crippen molar-refractivity contribution in [3.8, 4) is 11.8 Å². The Hall–Kier alpha value is -1.89. The van der Waals surface area contributed by atoms with Gasteiger partial charge in [-0.15, -0.1) is 0 Å². The summed E-state index contributed by atoms with van der Waals surface area (Å²) in [7, 11) is 0. The van der Waals surface area contributed by atoms with E-state index >= 15 is 0 Å². The van der Waals surface area contributed by atoms with Crippen LogP contribution >= 0.6 is 0 Å². The van der Waals surface area contributed by atoms with E-state index in [2.05, 4.69) is 21.6 Å². The van der Waals surface area contributed by atoms with E-state index in [1.807, 2.05) is 0 Å². The van der Waals surface area contributed by atoms with Gasteiger partial charge in [-0.1, -0.05) is 5.92 Å². The third-order valence-corrected chi connectivity index (χ3v) is 1.48. The van der Waals surface area contributed by atoms with Crippen molar-refractivity contribution in [1.82, 2.24) is 4.98 Å². The number of nitrogens with zero attached hydrogens (tertiary/aromatic N) is 1. The van der Waals surface area contributed by atoms with E-state index < -0.39 is 5.82 Å². The Labute approximate surface area is 87.3 Å². The minimum Gasteiger partial charge on any atom is -0.465 e. The van der Waals surface area contributed by atoms with E-state index in [1.54, 1.807) is 6.92 Å². The molecule has 0 radical (unpaired) electrons. The maximum absolute atomic E-state index is 12.7. The van der Waals surface area contributed by atoms with Crippen molar-refractivity contribution in [3.05, 3.63) is 29.8 Å². The highest BCUT2D eigenvalue weighted by atomic mass is 19.1. The van der Waals surface area contributed by atoms with Gasteiger partial charge < -0.3 is 4.74 Å². The van der Waals surface area contributed by atoms with Gasteiger partial charge in [0.05, 0.1) is 6.61 Å². The maximum atomic E-state index is 12.7. The molecule has 0 fully saturated rings. The molecule has 0 saturated heterocycles. The van der Waals surface area contributed by atoms with Crippen LogP contribution in [0.5, 0.6) is 0 Å². The van der Waals surface area contributed by atoms with Gasteiger partial charge in [0.25, 0.3) is 0 Å². The first-order valence-electron chi connectivity index (χ1n) is 4.48. The van der Waals surface area contributed by atoms with Crippen molar-refractivity contribution in [1.29, 1.82) is 0 Å². The molecule has 0 bridgehead atoms. The van der Waals surface area contributed by atoms with Crippen molar-refractivity contribution in [2.75, 3.05) is 6.61 Å². The van der Waals surface area contributed by atoms with E-state index in [-0.39, 0.29) is 12.4 Å². The number of halogens is 1. The Morgan fingerprint density at radius 2 is 2.47 bits per heavy atom. The van der Waals surface area contributed by atoms with E-state index in [9.17, 15) is 9.18 Å². The summed E-state index contributed by atoms with van der Waals surface area (Å²) in [5.41, 5.74) is 0.305. The first kappa shape index (κ1) is 11.2. The Kier molecular flexibility index (Phi) is 4.30. The van der Waals surface area contributed by atoms with Gasteiger partial charge in [-0.25, -0.2) is 9.37 Å². The minimum atomic E-state index is -0.398. The van der Waals surface area contributed by atoms with Gasteiger partial charge in [0.1, 0.15) is 17.9 Å². The topological polar surface area (TPSA) is 39.2 Å². The molecule has 0 aliphatic carbocycles. The lowest BCUT2D eigenvalue weighted by molar-refractivity contribution is -0.141. The van der Waals surface area contributed by atoms with E-state index in [0.29, 0.717) is 12.3 Å². The number of esters is 1. The zero-order valence-corrected chi connectivity index (χ0v) is 8.29. The van der Waals surface area contributed by atoms with Crippen molar-refractivity contribution in [2.24, 2.45) is 0 Å². The summed E-state index contributed by atoms with van der Waals surface area (Å²) in [4.78, 5) is 14.7. The number of carbonyl (C=O) groups excluding carboxylic acids is 1. The minimum absolute atomic E-state index is 0.00790. The molecule has 1 aromatic rings. The predicted octanol–water partition coefficient (Wildman–Crippen LogP) is 1.53. The second kappa shape index (κ2) is 5.76. The molecule has 1 rings (SSSR count). The van der Waals surface area contributed by atoms with Gasteiger partial charge in [0.2, 0.25) is 0 Å². The third kappa shape index (κ3) is 4.23. The maximum Gasteiger partial charge on any atom is 0.317 e. The summed E-state index contributed by atoms with van der Waals surface area (Å²) in [5.74, 6) is 4.35. The summed E-state index contributed by atoms with van der Waals surface area (Å²) in [6.07, 6.45) is 1.32. The number of rotatable bonds is 2. The zero-order chi connectivity index (χ0) is 11.1. The van der Waals surface area contributed by atoms with Crippen LogP contribution < -0.4 is 0 Å². The van der Waals surface area contributed by atoms with Crippen LogP contribution in [0.25, 0.3) is 0 Å². The van der Waals surface area contributed by atoms with E-state index in [4.69, 9.17) is 0 Å². The SMILES string of the molecule is CCOC(=O)CC#Cc1cc(F)ccn1. The highest BCUT2D eigenvalue weighted by Crippen LogP contribution is 1.97. The van der Waals surface area contributed by atoms with Crippen molar-refractivity contribution in [3.63, 3.8) is 0 Å². The Morgan fingerprint density at radius 3 is 3.13 bits per heavy atom. The molecule has 0 unspecified atom stereocenters. The van der Waals surface area contributed by atoms with Gasteiger partial charge >= 0.3 is 5.97 Å². The molecule has 0 aliphatic rings. The molecular weight excluding hydrogens is 197 g/mol. The summed E-state index contributed by atoms with van der Waals surface area (Å²) in [6, 6.07) is 2.44. The normalized spacial score (nSPS) is 8.93. The molecule has 78 valence electrons. The second-order valence-corrected chi connectivity index (χ2v) is 2.64. The summed E-state index contributed by atoms with van der Waals surface area (Å²) >= 11 is 0. The third-order valence-electron chi connectivity index (χ3n) is 1.48. The fourth-order valence-corrected chi connectivity index (χ4v) is 0.892. The van der Waals surface area contributed by atoms with Crippen LogP contribution in [0.2, 0.25) is 0 Å². The number of ether oxygens (including phenoxy) is 1. The number of pyridine rings is 1. The van der Waals surface area contributed by atoms with Crippen molar-refractivity contribution >= 4 is 5.97 Å². The van der Waals surface area contributed by atoms with E-state index in [0.717, 1.165) is 0 Å². The molecule has 1 aromatic heterocycles. The van der Waals surface area contributed by atoms with Crippen LogP contribution in [0.1, 0.15) is 19.0 Å². The van der Waals surface area contributed by atoms with Crippen LogP contribution in [-0.2, 0) is 9.53 Å². The number of aromatic nitrogens is 1. The molecule has 4 heteroatoms. The number of hydrogen-bond acceptors (Lipinski definition) is 3. The molecule has 1 heterocycles. The lowest BCUT2D eigenvalue weighted by Crippen LogP contribution is -2.01. The first-order valence-corrected chi connectivity index (χ1v) is 4.48. The summed E-state index contributed by atoms with van der Waals surface area (Å²) in [5, 5.41) is 0. The highest BCUT2D eigenvalue weighted by molar-refractivity contribution is 5.72. The van der Waals surface area contributed by atoms with E-state index in [1.165, 1.54) is 18.3 Å². The lowest BCUT2D eigenvalue weighted by Gasteiger charge is -1.94. The quantitative estimate of drug-likeness (QED) is 0.545. The average molecular weight is 207 g/mol. The lowest BCUT2D eigenvalue weighted by atomic mass is 10.3. The summed E-state index contributed by atoms with van der Waals surface area (Å²) < 4.78 is 17.3. The fraction of sp³-hybridized carbons (Fsp3) is 0.273. The fourth-order valence-electron chi connectivity index (χ4n) is 0.892. The zero-order valence-electron chi connectivity index (χ0n) is 8.29. The molecule has 0 atom stereocenters. The van der Waals surface area contributed by atoms with Gasteiger partial charge in [-0.2, -0.15) is 0 Å². The average Bonchev–Trinajstić information content (AvgIpc) is 2.18. The molecule has 0 N–H and O–H groups in total. The first-order chi connectivity index (χ1) is 7.22. The van der Waals surface area contributed by atoms with Gasteiger partial charge in [0, 0.05) is 12.3 Å². The summed E-state index contributed by atoms with van der Waals surface area (Å²) in [6.45, 7) is 2.05. The molecule has 0 aromatic carbocycles. The smallest absolute Gasteiger partial charge is 0.317 e. The monoisotopic (exact) mass is 207 g/mol. The Bertz CT molecular complexity index is 407. The Morgan fingerprint density at radius 1 is 1.67 bits per heavy atom. The largest absolute Gasteiger partial charge is 0.465 e. The van der Waals surface area contributed by atoms with Gasteiger partial charge in [-0.3, -0.25) is 4.79 Å². The molecule has 15 heavy (non-hydrogen) atoms.